The van der Waals surface area contributed by atoms with E-state index in [0.29, 0.717) is 24.8 Å². The van der Waals surface area contributed by atoms with Gasteiger partial charge in [0, 0.05) is 19.5 Å². The van der Waals surface area contributed by atoms with Gasteiger partial charge in [0.1, 0.15) is 5.75 Å². The van der Waals surface area contributed by atoms with Crippen molar-refractivity contribution < 1.29 is 14.3 Å². The van der Waals surface area contributed by atoms with Crippen molar-refractivity contribution in [3.63, 3.8) is 0 Å². The number of aromatic nitrogens is 1. The molecule has 0 spiro atoms. The van der Waals surface area contributed by atoms with Gasteiger partial charge in [-0.05, 0) is 52.2 Å². The maximum Gasteiger partial charge on any atom is 0.231 e. The van der Waals surface area contributed by atoms with Crippen LogP contribution in [0.1, 0.15) is 19.8 Å². The van der Waals surface area contributed by atoms with E-state index in [4.69, 9.17) is 4.74 Å². The minimum atomic E-state index is -0.317. The Kier molecular flexibility index (Phi) is 6.28. The molecule has 0 bridgehead atoms. The number of hydrogen-bond acceptors (Lipinski definition) is 6. The maximum absolute atomic E-state index is 12.6. The van der Waals surface area contributed by atoms with Gasteiger partial charge in [-0.15, -0.1) is 0 Å². The lowest BCUT2D eigenvalue weighted by molar-refractivity contribution is -0.128. The average Bonchev–Trinajstić information content (AvgIpc) is 3.17. The number of fused-ring (bicyclic) bond motifs is 1. The van der Waals surface area contributed by atoms with Crippen LogP contribution in [0.4, 0.5) is 5.13 Å². The summed E-state index contributed by atoms with van der Waals surface area (Å²) in [7, 11) is 4.02. The van der Waals surface area contributed by atoms with Gasteiger partial charge in [-0.25, -0.2) is 4.98 Å². The van der Waals surface area contributed by atoms with Gasteiger partial charge in [-0.2, -0.15) is 0 Å². The van der Waals surface area contributed by atoms with E-state index in [1.807, 2.05) is 39.2 Å². The number of ether oxygens (including phenoxy) is 1. The highest BCUT2D eigenvalue weighted by Crippen LogP contribution is 2.30. The molecule has 27 heavy (non-hydrogen) atoms. The number of amides is 2. The van der Waals surface area contributed by atoms with Crippen LogP contribution in [0.3, 0.4) is 0 Å². The van der Waals surface area contributed by atoms with Crippen molar-refractivity contribution in [3.05, 3.63) is 18.2 Å². The number of nitrogens with one attached hydrogen (secondary N) is 1. The highest BCUT2D eigenvalue weighted by atomic mass is 32.1. The third-order valence-corrected chi connectivity index (χ3v) is 5.45. The van der Waals surface area contributed by atoms with Crippen LogP contribution in [0.25, 0.3) is 10.2 Å². The van der Waals surface area contributed by atoms with Gasteiger partial charge in [0.15, 0.2) is 5.13 Å². The van der Waals surface area contributed by atoms with Crippen LogP contribution in [-0.2, 0) is 9.59 Å². The van der Waals surface area contributed by atoms with Gasteiger partial charge in [0.2, 0.25) is 11.8 Å². The van der Waals surface area contributed by atoms with Crippen LogP contribution in [0.2, 0.25) is 0 Å². The summed E-state index contributed by atoms with van der Waals surface area (Å²) in [5.41, 5.74) is 0.826. The summed E-state index contributed by atoms with van der Waals surface area (Å²) in [5, 5.41) is 3.44. The first kappa shape index (κ1) is 19.6. The molecule has 1 fully saturated rings. The molecule has 1 unspecified atom stereocenters. The standard InChI is InChI=1S/C19H26N4O3S/c1-4-26-14-6-7-15-16(11-14)27-19(20-15)21-18(25)13-10-17(24)23(12-13)9-5-8-22(2)3/h6-7,11,13H,4-5,8-10,12H2,1-3H3,(H,20,21,25). The average molecular weight is 391 g/mol. The van der Waals surface area contributed by atoms with E-state index >= 15 is 0 Å². The van der Waals surface area contributed by atoms with Gasteiger partial charge < -0.3 is 19.9 Å². The Balaban J connectivity index is 1.58. The molecule has 1 N–H and O–H groups in total. The van der Waals surface area contributed by atoms with E-state index in [9.17, 15) is 9.59 Å². The molecule has 2 amide bonds. The van der Waals surface area contributed by atoms with Crippen LogP contribution in [0, 0.1) is 5.92 Å². The van der Waals surface area contributed by atoms with Crippen molar-refractivity contribution in [2.75, 3.05) is 45.7 Å². The highest BCUT2D eigenvalue weighted by Gasteiger charge is 2.34. The molecule has 1 aromatic heterocycles. The second-order valence-electron chi connectivity index (χ2n) is 6.97. The van der Waals surface area contributed by atoms with E-state index in [0.717, 1.165) is 28.9 Å². The van der Waals surface area contributed by atoms with Crippen LogP contribution in [0.5, 0.6) is 5.75 Å². The molecule has 1 aromatic carbocycles. The smallest absolute Gasteiger partial charge is 0.231 e. The van der Waals surface area contributed by atoms with E-state index in [2.05, 4.69) is 15.2 Å². The minimum absolute atomic E-state index is 0.0552. The molecule has 146 valence electrons. The number of likely N-dealkylation sites (tertiary alicyclic amines) is 1. The Labute approximate surface area is 163 Å². The lowest BCUT2D eigenvalue weighted by Gasteiger charge is -2.17. The topological polar surface area (TPSA) is 74.8 Å². The first-order chi connectivity index (χ1) is 13.0. The summed E-state index contributed by atoms with van der Waals surface area (Å²) >= 11 is 1.42. The lowest BCUT2D eigenvalue weighted by atomic mass is 10.1. The van der Waals surface area contributed by atoms with Gasteiger partial charge in [-0.3, -0.25) is 9.59 Å². The molecule has 1 aliphatic rings. The number of nitrogens with zero attached hydrogens (tertiary/aromatic N) is 3. The van der Waals surface area contributed by atoms with E-state index in [1.165, 1.54) is 11.3 Å². The summed E-state index contributed by atoms with van der Waals surface area (Å²) in [6.07, 6.45) is 1.18. The predicted octanol–water partition coefficient (Wildman–Crippen LogP) is 2.43. The highest BCUT2D eigenvalue weighted by molar-refractivity contribution is 7.22. The molecule has 1 atom stereocenters. The Morgan fingerprint density at radius 2 is 2.26 bits per heavy atom. The fraction of sp³-hybridized carbons (Fsp3) is 0.526. The molecule has 1 saturated heterocycles. The van der Waals surface area contributed by atoms with Crippen LogP contribution in [0.15, 0.2) is 18.2 Å². The van der Waals surface area contributed by atoms with Crippen molar-refractivity contribution >= 4 is 38.5 Å². The molecule has 2 aromatic rings. The van der Waals surface area contributed by atoms with Gasteiger partial charge in [0.25, 0.3) is 0 Å². The molecule has 0 radical (unpaired) electrons. The van der Waals surface area contributed by atoms with E-state index in [-0.39, 0.29) is 24.2 Å². The van der Waals surface area contributed by atoms with E-state index in [1.54, 1.807) is 4.90 Å². The first-order valence-electron chi connectivity index (χ1n) is 9.23. The molecule has 2 heterocycles. The molecule has 0 aliphatic carbocycles. The van der Waals surface area contributed by atoms with Crippen molar-refractivity contribution in [2.24, 2.45) is 5.92 Å². The summed E-state index contributed by atoms with van der Waals surface area (Å²) in [4.78, 5) is 33.1. The second-order valence-corrected chi connectivity index (χ2v) is 8.00. The van der Waals surface area contributed by atoms with E-state index < -0.39 is 0 Å². The number of thiazole rings is 1. The number of anilines is 1. The zero-order valence-corrected chi connectivity index (χ0v) is 16.8. The molecular weight excluding hydrogens is 364 g/mol. The predicted molar refractivity (Wildman–Crippen MR) is 107 cm³/mol. The molecular formula is C19H26N4O3S. The third kappa shape index (κ3) is 4.95. The Bertz CT molecular complexity index is 820. The zero-order chi connectivity index (χ0) is 19.4. The number of carbonyl (C=O) groups excluding carboxylic acids is 2. The quantitative estimate of drug-likeness (QED) is 0.749. The molecule has 8 heteroatoms. The number of hydrogen-bond donors (Lipinski definition) is 1. The zero-order valence-electron chi connectivity index (χ0n) is 16.0. The Morgan fingerprint density at radius 3 is 3.00 bits per heavy atom. The molecule has 1 aliphatic heterocycles. The molecule has 7 nitrogen and oxygen atoms in total. The Morgan fingerprint density at radius 1 is 1.44 bits per heavy atom. The van der Waals surface area contributed by atoms with Crippen molar-refractivity contribution in [1.29, 1.82) is 0 Å². The summed E-state index contributed by atoms with van der Waals surface area (Å²) in [5.74, 6) is 0.395. The largest absolute Gasteiger partial charge is 0.494 e. The van der Waals surface area contributed by atoms with Crippen molar-refractivity contribution in [3.8, 4) is 5.75 Å². The van der Waals surface area contributed by atoms with Crippen LogP contribution in [-0.4, -0.2) is 66.9 Å². The van der Waals surface area contributed by atoms with Crippen LogP contribution >= 0.6 is 11.3 Å². The fourth-order valence-electron chi connectivity index (χ4n) is 3.16. The summed E-state index contributed by atoms with van der Waals surface area (Å²) in [6, 6.07) is 5.69. The fourth-order valence-corrected chi connectivity index (χ4v) is 4.06. The third-order valence-electron chi connectivity index (χ3n) is 4.52. The normalized spacial score (nSPS) is 17.1. The van der Waals surface area contributed by atoms with Gasteiger partial charge in [-0.1, -0.05) is 11.3 Å². The monoisotopic (exact) mass is 390 g/mol. The maximum atomic E-state index is 12.6. The second kappa shape index (κ2) is 8.67. The Hall–Kier alpha value is -2.19. The number of rotatable bonds is 8. The first-order valence-corrected chi connectivity index (χ1v) is 10.0. The molecule has 0 saturated carbocycles. The number of carbonyl (C=O) groups is 2. The lowest BCUT2D eigenvalue weighted by Crippen LogP contribution is -2.30. The SMILES string of the molecule is CCOc1ccc2nc(NC(=O)C3CC(=O)N(CCCN(C)C)C3)sc2c1. The van der Waals surface area contributed by atoms with Crippen molar-refractivity contribution in [1.82, 2.24) is 14.8 Å². The summed E-state index contributed by atoms with van der Waals surface area (Å²) < 4.78 is 6.46. The van der Waals surface area contributed by atoms with Gasteiger partial charge >= 0.3 is 0 Å². The minimum Gasteiger partial charge on any atom is -0.494 e. The van der Waals surface area contributed by atoms with Crippen molar-refractivity contribution in [2.45, 2.75) is 19.8 Å². The molecule has 3 rings (SSSR count). The van der Waals surface area contributed by atoms with Crippen LogP contribution < -0.4 is 10.1 Å². The number of benzene rings is 1. The van der Waals surface area contributed by atoms with Gasteiger partial charge in [0.05, 0.1) is 22.7 Å². The summed E-state index contributed by atoms with van der Waals surface area (Å²) in [6.45, 7) is 4.65.